The van der Waals surface area contributed by atoms with Gasteiger partial charge in [-0.3, -0.25) is 5.10 Å². The quantitative estimate of drug-likeness (QED) is 0.232. The molecule has 0 spiro atoms. The van der Waals surface area contributed by atoms with Crippen molar-refractivity contribution in [2.75, 3.05) is 7.11 Å². The number of allylic oxidation sites excluding steroid dienone is 1. The first kappa shape index (κ1) is 22.8. The van der Waals surface area contributed by atoms with Crippen LogP contribution >= 0.6 is 0 Å². The lowest BCUT2D eigenvalue weighted by molar-refractivity contribution is -0.131. The summed E-state index contributed by atoms with van der Waals surface area (Å²) >= 11 is 0. The Morgan fingerprint density at radius 1 is 1.06 bits per heavy atom. The molecule has 0 radical (unpaired) electrons. The van der Waals surface area contributed by atoms with Crippen molar-refractivity contribution in [2.24, 2.45) is 0 Å². The van der Waals surface area contributed by atoms with Crippen molar-refractivity contribution in [1.82, 2.24) is 10.2 Å². The number of fused-ring (bicyclic) bond motifs is 1. The van der Waals surface area contributed by atoms with Gasteiger partial charge < -0.3 is 9.84 Å². The fraction of sp³-hybridized carbons (Fsp3) is 0.103. The first-order valence-electron chi connectivity index (χ1n) is 11.0. The molecule has 4 aromatic rings. The van der Waals surface area contributed by atoms with E-state index in [2.05, 4.69) is 48.0 Å². The molecular weight excluding hydrogens is 424 g/mol. The van der Waals surface area contributed by atoms with E-state index in [0.29, 0.717) is 0 Å². The second kappa shape index (κ2) is 10.0. The third kappa shape index (κ3) is 4.69. The number of hydrogen-bond donors (Lipinski definition) is 2. The molecule has 3 aromatic carbocycles. The summed E-state index contributed by atoms with van der Waals surface area (Å²) in [7, 11) is 1.66. The molecular formula is C29H26N2O3. The normalized spacial score (nSPS) is 12.1. The topological polar surface area (TPSA) is 75.2 Å². The van der Waals surface area contributed by atoms with Gasteiger partial charge in [-0.2, -0.15) is 5.10 Å². The molecule has 0 unspecified atom stereocenters. The molecule has 5 nitrogen and oxygen atoms in total. The highest BCUT2D eigenvalue weighted by Gasteiger charge is 2.15. The molecule has 0 aliphatic rings. The van der Waals surface area contributed by atoms with E-state index in [1.165, 1.54) is 5.57 Å². The van der Waals surface area contributed by atoms with Crippen LogP contribution in [0.3, 0.4) is 0 Å². The van der Waals surface area contributed by atoms with Gasteiger partial charge >= 0.3 is 5.97 Å². The van der Waals surface area contributed by atoms with Gasteiger partial charge in [-0.05, 0) is 70.2 Å². The molecule has 0 bridgehead atoms. The Hall–Kier alpha value is -4.38. The maximum atomic E-state index is 10.9. The molecule has 0 saturated heterocycles. The fourth-order valence-electron chi connectivity index (χ4n) is 4.15. The molecule has 5 heteroatoms. The Balaban J connectivity index is 1.93. The summed E-state index contributed by atoms with van der Waals surface area (Å²) in [5, 5.41) is 17.1. The summed E-state index contributed by atoms with van der Waals surface area (Å²) < 4.78 is 5.48. The van der Waals surface area contributed by atoms with E-state index in [-0.39, 0.29) is 0 Å². The Labute approximate surface area is 198 Å². The van der Waals surface area contributed by atoms with Crippen LogP contribution in [0.25, 0.3) is 34.2 Å². The number of methoxy groups -OCH3 is 1. The Kier molecular flexibility index (Phi) is 6.74. The second-order valence-corrected chi connectivity index (χ2v) is 7.83. The van der Waals surface area contributed by atoms with Crippen LogP contribution in [0.2, 0.25) is 0 Å². The molecule has 2 N–H and O–H groups in total. The number of aromatic nitrogens is 2. The first-order valence-corrected chi connectivity index (χ1v) is 11.0. The number of carbonyl (C=O) groups is 1. The van der Waals surface area contributed by atoms with Crippen molar-refractivity contribution in [2.45, 2.75) is 13.3 Å². The number of carboxylic acids is 1. The van der Waals surface area contributed by atoms with Gasteiger partial charge in [0.25, 0.3) is 0 Å². The lowest BCUT2D eigenvalue weighted by atomic mass is 9.87. The molecule has 0 aliphatic carbocycles. The average Bonchev–Trinajstić information content (AvgIpc) is 3.34. The van der Waals surface area contributed by atoms with Crippen molar-refractivity contribution in [3.8, 4) is 5.75 Å². The minimum absolute atomic E-state index is 0.783. The zero-order chi connectivity index (χ0) is 24.1. The number of rotatable bonds is 8. The largest absolute Gasteiger partial charge is 0.496 e. The predicted octanol–water partition coefficient (Wildman–Crippen LogP) is 6.68. The molecule has 0 aliphatic heterocycles. The van der Waals surface area contributed by atoms with Gasteiger partial charge in [-0.1, -0.05) is 56.0 Å². The molecule has 1 aromatic heterocycles. The molecule has 1 heterocycles. The summed E-state index contributed by atoms with van der Waals surface area (Å²) in [5.74, 6) is -0.186. The number of nitrogens with zero attached hydrogens (tertiary/aromatic N) is 1. The number of ether oxygens (including phenoxy) is 1. The Bertz CT molecular complexity index is 1410. The zero-order valence-corrected chi connectivity index (χ0v) is 19.2. The third-order valence-electron chi connectivity index (χ3n) is 5.80. The van der Waals surface area contributed by atoms with Crippen LogP contribution < -0.4 is 4.74 Å². The number of aromatic amines is 1. The van der Waals surface area contributed by atoms with Crippen molar-refractivity contribution in [3.63, 3.8) is 0 Å². The predicted molar refractivity (Wildman–Crippen MR) is 138 cm³/mol. The number of nitrogens with one attached hydrogen (secondary N) is 1. The van der Waals surface area contributed by atoms with Crippen LogP contribution in [0.4, 0.5) is 0 Å². The van der Waals surface area contributed by atoms with E-state index in [9.17, 15) is 4.79 Å². The number of aliphatic carboxylic acids is 1. The van der Waals surface area contributed by atoms with E-state index in [1.807, 2.05) is 42.6 Å². The van der Waals surface area contributed by atoms with Gasteiger partial charge in [0.15, 0.2) is 0 Å². The highest BCUT2D eigenvalue weighted by molar-refractivity contribution is 6.00. The van der Waals surface area contributed by atoms with Crippen LogP contribution in [-0.2, 0) is 4.79 Å². The molecule has 4 rings (SSSR count). The standard InChI is InChI=1S/C29H26N2O3/c1-4-20-16-22(12-14-27(20)34-3)25(5-2)29(23-11-13-26-24(17-23)18-30-31-26)21-9-6-19(7-10-21)8-15-28(32)33/h4,6-18H,1,5H2,2-3H3,(H,30,31)(H,32,33)/b15-8+,29-25+. The summed E-state index contributed by atoms with van der Waals surface area (Å²) in [4.78, 5) is 10.9. The summed E-state index contributed by atoms with van der Waals surface area (Å²) in [6.45, 7) is 6.09. The minimum atomic E-state index is -0.969. The lowest BCUT2D eigenvalue weighted by Crippen LogP contribution is -1.97. The van der Waals surface area contributed by atoms with E-state index in [1.54, 1.807) is 19.3 Å². The summed E-state index contributed by atoms with van der Waals surface area (Å²) in [6.07, 6.45) is 7.17. The molecule has 0 atom stereocenters. The van der Waals surface area contributed by atoms with Crippen LogP contribution in [0, 0.1) is 0 Å². The highest BCUT2D eigenvalue weighted by Crippen LogP contribution is 2.37. The van der Waals surface area contributed by atoms with E-state index >= 15 is 0 Å². The fourth-order valence-corrected chi connectivity index (χ4v) is 4.15. The van der Waals surface area contributed by atoms with Gasteiger partial charge in [0.1, 0.15) is 5.75 Å². The monoisotopic (exact) mass is 450 g/mol. The van der Waals surface area contributed by atoms with Gasteiger partial charge in [0.2, 0.25) is 0 Å². The molecule has 170 valence electrons. The van der Waals surface area contributed by atoms with Crippen molar-refractivity contribution < 1.29 is 14.6 Å². The zero-order valence-electron chi connectivity index (χ0n) is 19.2. The van der Waals surface area contributed by atoms with Crippen molar-refractivity contribution in [3.05, 3.63) is 107 Å². The number of hydrogen-bond acceptors (Lipinski definition) is 3. The van der Waals surface area contributed by atoms with E-state index in [4.69, 9.17) is 9.84 Å². The van der Waals surface area contributed by atoms with Gasteiger partial charge in [-0.15, -0.1) is 0 Å². The van der Waals surface area contributed by atoms with Gasteiger partial charge in [0, 0.05) is 17.0 Å². The molecule has 34 heavy (non-hydrogen) atoms. The molecule has 0 saturated carbocycles. The van der Waals surface area contributed by atoms with Crippen LogP contribution in [0.15, 0.2) is 79.5 Å². The number of carboxylic acid groups (broad SMARTS) is 1. The maximum absolute atomic E-state index is 10.9. The Morgan fingerprint density at radius 2 is 1.79 bits per heavy atom. The van der Waals surface area contributed by atoms with E-state index < -0.39 is 5.97 Å². The van der Waals surface area contributed by atoms with Gasteiger partial charge in [-0.25, -0.2) is 4.79 Å². The van der Waals surface area contributed by atoms with Crippen LogP contribution in [-0.4, -0.2) is 28.4 Å². The van der Waals surface area contributed by atoms with Crippen LogP contribution in [0.1, 0.15) is 41.2 Å². The number of benzene rings is 3. The second-order valence-electron chi connectivity index (χ2n) is 7.83. The highest BCUT2D eigenvalue weighted by atomic mass is 16.5. The third-order valence-corrected chi connectivity index (χ3v) is 5.80. The molecule has 0 amide bonds. The van der Waals surface area contributed by atoms with Gasteiger partial charge in [0.05, 0.1) is 18.8 Å². The van der Waals surface area contributed by atoms with Crippen molar-refractivity contribution in [1.29, 1.82) is 0 Å². The SMILES string of the molecule is C=Cc1cc(/C(CC)=C(\c2ccc(/C=C/C(=O)O)cc2)c2ccc3[nH]ncc3c2)ccc1OC. The molecule has 0 fully saturated rings. The van der Waals surface area contributed by atoms with Crippen molar-refractivity contribution >= 4 is 40.2 Å². The summed E-state index contributed by atoms with van der Waals surface area (Å²) in [5.41, 5.74) is 8.25. The maximum Gasteiger partial charge on any atom is 0.328 e. The van der Waals surface area contributed by atoms with E-state index in [0.717, 1.165) is 62.5 Å². The first-order chi connectivity index (χ1) is 16.5. The smallest absolute Gasteiger partial charge is 0.328 e. The lowest BCUT2D eigenvalue weighted by Gasteiger charge is -2.18. The average molecular weight is 451 g/mol. The Morgan fingerprint density at radius 3 is 2.47 bits per heavy atom. The summed E-state index contributed by atoms with van der Waals surface area (Å²) in [6, 6.07) is 20.4. The minimum Gasteiger partial charge on any atom is -0.496 e. The number of H-pyrrole nitrogens is 1. The van der Waals surface area contributed by atoms with Crippen LogP contribution in [0.5, 0.6) is 5.75 Å².